The van der Waals surface area contributed by atoms with Gasteiger partial charge >= 0.3 is 0 Å². The minimum absolute atomic E-state index is 0.0348. The van der Waals surface area contributed by atoms with Crippen LogP contribution in [-0.2, 0) is 21.0 Å². The lowest BCUT2D eigenvalue weighted by Crippen LogP contribution is -2.26. The van der Waals surface area contributed by atoms with Crippen LogP contribution in [0.3, 0.4) is 0 Å². The quantitative estimate of drug-likeness (QED) is 0.459. The van der Waals surface area contributed by atoms with E-state index in [9.17, 15) is 4.91 Å². The molecular formula is C12H13N3O4. The third-order valence-electron chi connectivity index (χ3n) is 2.45. The summed E-state index contributed by atoms with van der Waals surface area (Å²) in [4.78, 5) is 20.3. The smallest absolute Gasteiger partial charge is 0.280 e. The zero-order valence-electron chi connectivity index (χ0n) is 10.4. The van der Waals surface area contributed by atoms with Crippen molar-refractivity contribution in [2.75, 3.05) is 20.3 Å². The number of nitrogens with zero attached hydrogens (tertiary/aromatic N) is 3. The van der Waals surface area contributed by atoms with E-state index in [1.165, 1.54) is 7.11 Å². The Hall–Kier alpha value is -2.44. The third kappa shape index (κ3) is 3.06. The van der Waals surface area contributed by atoms with E-state index in [2.05, 4.69) is 15.5 Å². The van der Waals surface area contributed by atoms with E-state index in [4.69, 9.17) is 14.4 Å². The molecule has 19 heavy (non-hydrogen) atoms. The molecule has 0 saturated carbocycles. The van der Waals surface area contributed by atoms with Gasteiger partial charge in [-0.05, 0) is 10.7 Å². The Balaban J connectivity index is 2.42. The van der Waals surface area contributed by atoms with Crippen LogP contribution < -0.4 is 0 Å². The lowest BCUT2D eigenvalue weighted by atomic mass is 10.0. The van der Waals surface area contributed by atoms with E-state index in [1.807, 2.05) is 12.1 Å². The summed E-state index contributed by atoms with van der Waals surface area (Å²) in [5.74, 6) is 0.228. The Kier molecular flexibility index (Phi) is 4.44. The lowest BCUT2D eigenvalue weighted by molar-refractivity contribution is 0.0672. The standard InChI is InChI=1S/C12H13N3O4/c1-17-14-11(12-15-19-7-6-18-12)10-5-3-2-4-9(10)8-13-16/h2-5H,6-8H2,1H3. The molecule has 7 heteroatoms. The zero-order chi connectivity index (χ0) is 13.5. The molecule has 0 radical (unpaired) electrons. The first kappa shape index (κ1) is 13.0. The third-order valence-corrected chi connectivity index (χ3v) is 2.45. The normalized spacial score (nSPS) is 15.0. The SMILES string of the molecule is CON=C(C1=NOCCO1)c1ccccc1CN=O. The van der Waals surface area contributed by atoms with Crippen LogP contribution in [0.5, 0.6) is 0 Å². The van der Waals surface area contributed by atoms with Gasteiger partial charge in [-0.2, -0.15) is 4.91 Å². The summed E-state index contributed by atoms with van der Waals surface area (Å²) in [6.07, 6.45) is 0. The highest BCUT2D eigenvalue weighted by atomic mass is 16.7. The second kappa shape index (κ2) is 6.48. The Morgan fingerprint density at radius 3 is 2.95 bits per heavy atom. The molecular weight excluding hydrogens is 250 g/mol. The molecule has 0 aliphatic carbocycles. The minimum atomic E-state index is 0.0348. The van der Waals surface area contributed by atoms with E-state index in [0.29, 0.717) is 30.1 Å². The van der Waals surface area contributed by atoms with Crippen LogP contribution in [0.4, 0.5) is 0 Å². The minimum Gasteiger partial charge on any atom is -0.470 e. The molecule has 7 nitrogen and oxygen atoms in total. The van der Waals surface area contributed by atoms with Gasteiger partial charge in [0.1, 0.15) is 20.3 Å². The van der Waals surface area contributed by atoms with Crippen LogP contribution in [0.25, 0.3) is 0 Å². The van der Waals surface area contributed by atoms with Crippen molar-refractivity contribution in [1.82, 2.24) is 0 Å². The van der Waals surface area contributed by atoms with Gasteiger partial charge in [-0.25, -0.2) is 0 Å². The highest BCUT2D eigenvalue weighted by Gasteiger charge is 2.21. The number of hydrogen-bond donors (Lipinski definition) is 0. The molecule has 0 amide bonds. The van der Waals surface area contributed by atoms with Gasteiger partial charge in [0, 0.05) is 5.56 Å². The Bertz CT molecular complexity index is 513. The molecule has 100 valence electrons. The maximum Gasteiger partial charge on any atom is 0.280 e. The van der Waals surface area contributed by atoms with Crippen molar-refractivity contribution >= 4 is 11.6 Å². The maximum absolute atomic E-state index is 10.5. The molecule has 0 aromatic heterocycles. The molecule has 0 fully saturated rings. The van der Waals surface area contributed by atoms with Crippen molar-refractivity contribution in [3.63, 3.8) is 0 Å². The first-order valence-electron chi connectivity index (χ1n) is 5.68. The summed E-state index contributed by atoms with van der Waals surface area (Å²) in [5, 5.41) is 10.6. The van der Waals surface area contributed by atoms with Gasteiger partial charge in [-0.15, -0.1) is 0 Å². The summed E-state index contributed by atoms with van der Waals surface area (Å²) < 4.78 is 5.39. The first-order chi connectivity index (χ1) is 9.36. The van der Waals surface area contributed by atoms with Crippen molar-refractivity contribution in [1.29, 1.82) is 0 Å². The van der Waals surface area contributed by atoms with Crippen LogP contribution in [-0.4, -0.2) is 31.9 Å². The monoisotopic (exact) mass is 263 g/mol. The summed E-state index contributed by atoms with van der Waals surface area (Å²) in [6.45, 7) is 0.810. The van der Waals surface area contributed by atoms with Gasteiger partial charge in [0.15, 0.2) is 12.3 Å². The Morgan fingerprint density at radius 1 is 1.42 bits per heavy atom. The van der Waals surface area contributed by atoms with Crippen molar-refractivity contribution in [3.05, 3.63) is 40.3 Å². The fourth-order valence-corrected chi connectivity index (χ4v) is 1.67. The second-order valence-electron chi connectivity index (χ2n) is 3.64. The van der Waals surface area contributed by atoms with Crippen molar-refractivity contribution in [3.8, 4) is 0 Å². The van der Waals surface area contributed by atoms with Crippen LogP contribution in [0.15, 0.2) is 39.8 Å². The second-order valence-corrected chi connectivity index (χ2v) is 3.64. The number of nitroso groups, excluding NO2 is 1. The first-order valence-corrected chi connectivity index (χ1v) is 5.68. The molecule has 1 aromatic rings. The van der Waals surface area contributed by atoms with Crippen LogP contribution in [0.1, 0.15) is 11.1 Å². The van der Waals surface area contributed by atoms with Crippen molar-refractivity contribution < 1.29 is 14.4 Å². The molecule has 0 N–H and O–H groups in total. The number of benzene rings is 1. The van der Waals surface area contributed by atoms with Gasteiger partial charge in [-0.1, -0.05) is 34.6 Å². The largest absolute Gasteiger partial charge is 0.470 e. The summed E-state index contributed by atoms with van der Waals surface area (Å²) in [6, 6.07) is 7.21. The molecule has 0 saturated heterocycles. The molecule has 2 rings (SSSR count). The van der Waals surface area contributed by atoms with Gasteiger partial charge in [0.2, 0.25) is 0 Å². The molecule has 0 atom stereocenters. The number of oxime groups is 2. The molecule has 1 aromatic carbocycles. The molecule has 0 spiro atoms. The fourth-order valence-electron chi connectivity index (χ4n) is 1.67. The average molecular weight is 263 g/mol. The van der Waals surface area contributed by atoms with Crippen molar-refractivity contribution in [2.24, 2.45) is 15.5 Å². The predicted octanol–water partition coefficient (Wildman–Crippen LogP) is 1.66. The average Bonchev–Trinajstić information content (AvgIpc) is 2.47. The highest BCUT2D eigenvalue weighted by Crippen LogP contribution is 2.14. The van der Waals surface area contributed by atoms with E-state index in [1.54, 1.807) is 12.1 Å². The predicted molar refractivity (Wildman–Crippen MR) is 68.8 cm³/mol. The molecule has 0 bridgehead atoms. The van der Waals surface area contributed by atoms with Crippen LogP contribution in [0.2, 0.25) is 0 Å². The number of ether oxygens (including phenoxy) is 1. The molecule has 0 unspecified atom stereocenters. The van der Waals surface area contributed by atoms with Gasteiger partial charge in [0.05, 0.1) is 0 Å². The highest BCUT2D eigenvalue weighted by molar-refractivity contribution is 6.45. The maximum atomic E-state index is 10.5. The van der Waals surface area contributed by atoms with E-state index >= 15 is 0 Å². The topological polar surface area (TPSA) is 81.8 Å². The van der Waals surface area contributed by atoms with Crippen LogP contribution in [0, 0.1) is 4.91 Å². The summed E-state index contributed by atoms with van der Waals surface area (Å²) in [7, 11) is 1.42. The van der Waals surface area contributed by atoms with E-state index in [0.717, 1.165) is 0 Å². The van der Waals surface area contributed by atoms with Crippen LogP contribution >= 0.6 is 0 Å². The van der Waals surface area contributed by atoms with Gasteiger partial charge in [-0.3, -0.25) is 0 Å². The lowest BCUT2D eigenvalue weighted by Gasteiger charge is -2.15. The van der Waals surface area contributed by atoms with E-state index in [-0.39, 0.29) is 12.4 Å². The summed E-state index contributed by atoms with van der Waals surface area (Å²) >= 11 is 0. The van der Waals surface area contributed by atoms with Gasteiger partial charge in [0.25, 0.3) is 5.90 Å². The number of hydrogen-bond acceptors (Lipinski definition) is 7. The molecule has 1 aliphatic heterocycles. The molecule has 1 heterocycles. The number of rotatable bonds is 5. The van der Waals surface area contributed by atoms with E-state index < -0.39 is 0 Å². The fraction of sp³-hybridized carbons (Fsp3) is 0.333. The molecule has 1 aliphatic rings. The summed E-state index contributed by atoms with van der Waals surface area (Å²) in [5.41, 5.74) is 1.76. The van der Waals surface area contributed by atoms with Crippen molar-refractivity contribution in [2.45, 2.75) is 6.54 Å². The zero-order valence-corrected chi connectivity index (χ0v) is 10.4. The Labute approximate surface area is 109 Å². The van der Waals surface area contributed by atoms with Gasteiger partial charge < -0.3 is 14.4 Å². The Morgan fingerprint density at radius 2 is 2.26 bits per heavy atom.